The second-order valence-corrected chi connectivity index (χ2v) is 4.44. The van der Waals surface area contributed by atoms with Crippen LogP contribution in [0, 0.1) is 6.92 Å². The summed E-state index contributed by atoms with van der Waals surface area (Å²) in [5.41, 5.74) is 2.55. The molecular formula is C16H17NO2. The lowest BCUT2D eigenvalue weighted by Gasteiger charge is -2.10. The molecule has 1 aromatic carbocycles. The maximum absolute atomic E-state index is 11.3. The minimum atomic E-state index is 0.0307. The molecule has 3 nitrogen and oxygen atoms in total. The van der Waals surface area contributed by atoms with Crippen molar-refractivity contribution in [1.82, 2.24) is 4.98 Å². The molecule has 0 aliphatic carbocycles. The molecular weight excluding hydrogens is 238 g/mol. The third kappa shape index (κ3) is 3.19. The lowest BCUT2D eigenvalue weighted by Crippen LogP contribution is -1.97. The van der Waals surface area contributed by atoms with Gasteiger partial charge in [0.25, 0.3) is 0 Å². The van der Waals surface area contributed by atoms with Gasteiger partial charge in [-0.2, -0.15) is 0 Å². The first kappa shape index (κ1) is 13.3. The van der Waals surface area contributed by atoms with Gasteiger partial charge in [-0.05, 0) is 44.5 Å². The summed E-state index contributed by atoms with van der Waals surface area (Å²) in [6, 6.07) is 11.0. The van der Waals surface area contributed by atoms with E-state index < -0.39 is 0 Å². The van der Waals surface area contributed by atoms with E-state index in [0.717, 1.165) is 23.6 Å². The van der Waals surface area contributed by atoms with Crippen LogP contribution in [0.5, 0.6) is 11.5 Å². The number of ether oxygens (including phenoxy) is 1. The number of hydrogen-bond donors (Lipinski definition) is 0. The highest BCUT2D eigenvalue weighted by Crippen LogP contribution is 2.25. The molecule has 1 aromatic heterocycles. The molecule has 0 fully saturated rings. The number of nitrogens with zero attached hydrogens (tertiary/aromatic N) is 1. The van der Waals surface area contributed by atoms with E-state index in [-0.39, 0.29) is 5.78 Å². The molecule has 0 aliphatic rings. The molecule has 0 radical (unpaired) electrons. The van der Waals surface area contributed by atoms with Crippen molar-refractivity contribution < 1.29 is 9.53 Å². The summed E-state index contributed by atoms with van der Waals surface area (Å²) in [6.45, 7) is 5.55. The number of aromatic nitrogens is 1. The SMILES string of the molecule is CCc1nc(C)ccc1Oc1cccc(C(C)=O)c1. The van der Waals surface area contributed by atoms with Gasteiger partial charge in [0.05, 0.1) is 5.69 Å². The van der Waals surface area contributed by atoms with E-state index in [1.807, 2.05) is 38.1 Å². The summed E-state index contributed by atoms with van der Waals surface area (Å²) in [7, 11) is 0. The van der Waals surface area contributed by atoms with Crippen molar-refractivity contribution in [2.24, 2.45) is 0 Å². The third-order valence-corrected chi connectivity index (χ3v) is 2.87. The number of Topliss-reactive ketones (excluding diaryl/α,β-unsaturated/α-hetero) is 1. The normalized spacial score (nSPS) is 10.3. The Labute approximate surface area is 113 Å². The average Bonchev–Trinajstić information content (AvgIpc) is 2.41. The van der Waals surface area contributed by atoms with Gasteiger partial charge >= 0.3 is 0 Å². The average molecular weight is 255 g/mol. The van der Waals surface area contributed by atoms with Gasteiger partial charge in [0, 0.05) is 11.3 Å². The maximum Gasteiger partial charge on any atom is 0.159 e. The van der Waals surface area contributed by atoms with Crippen LogP contribution in [-0.4, -0.2) is 10.8 Å². The molecule has 3 heteroatoms. The molecule has 0 atom stereocenters. The van der Waals surface area contributed by atoms with E-state index in [1.54, 1.807) is 19.1 Å². The highest BCUT2D eigenvalue weighted by molar-refractivity contribution is 5.94. The van der Waals surface area contributed by atoms with E-state index in [1.165, 1.54) is 0 Å². The van der Waals surface area contributed by atoms with Crippen molar-refractivity contribution in [3.63, 3.8) is 0 Å². The Bertz CT molecular complexity index is 605. The van der Waals surface area contributed by atoms with Crippen LogP contribution in [0.2, 0.25) is 0 Å². The highest BCUT2D eigenvalue weighted by Gasteiger charge is 2.07. The Balaban J connectivity index is 2.30. The Kier molecular flexibility index (Phi) is 3.95. The molecule has 0 aliphatic heterocycles. The van der Waals surface area contributed by atoms with Crippen LogP contribution in [0.25, 0.3) is 0 Å². The lowest BCUT2D eigenvalue weighted by molar-refractivity contribution is 0.101. The van der Waals surface area contributed by atoms with Crippen molar-refractivity contribution in [2.45, 2.75) is 27.2 Å². The first-order valence-corrected chi connectivity index (χ1v) is 6.35. The van der Waals surface area contributed by atoms with Gasteiger partial charge in [0.1, 0.15) is 11.5 Å². The smallest absolute Gasteiger partial charge is 0.159 e. The number of hydrogen-bond acceptors (Lipinski definition) is 3. The fourth-order valence-electron chi connectivity index (χ4n) is 1.85. The Hall–Kier alpha value is -2.16. The summed E-state index contributed by atoms with van der Waals surface area (Å²) in [4.78, 5) is 15.8. The molecule has 98 valence electrons. The van der Waals surface area contributed by atoms with Crippen molar-refractivity contribution in [1.29, 1.82) is 0 Å². The highest BCUT2D eigenvalue weighted by atomic mass is 16.5. The summed E-state index contributed by atoms with van der Waals surface area (Å²) in [6.07, 6.45) is 0.809. The fraction of sp³-hybridized carbons (Fsp3) is 0.250. The first-order chi connectivity index (χ1) is 9.10. The second kappa shape index (κ2) is 5.65. The summed E-state index contributed by atoms with van der Waals surface area (Å²) < 4.78 is 5.83. The molecule has 0 N–H and O–H groups in total. The summed E-state index contributed by atoms with van der Waals surface area (Å²) in [5.74, 6) is 1.44. The number of ketones is 1. The topological polar surface area (TPSA) is 39.2 Å². The van der Waals surface area contributed by atoms with Crippen LogP contribution in [0.4, 0.5) is 0 Å². The molecule has 0 saturated carbocycles. The summed E-state index contributed by atoms with van der Waals surface area (Å²) >= 11 is 0. The second-order valence-electron chi connectivity index (χ2n) is 4.44. The molecule has 2 aromatic rings. The van der Waals surface area contributed by atoms with E-state index in [0.29, 0.717) is 11.3 Å². The zero-order chi connectivity index (χ0) is 13.8. The van der Waals surface area contributed by atoms with Crippen LogP contribution in [0.15, 0.2) is 36.4 Å². The van der Waals surface area contributed by atoms with Gasteiger partial charge in [0.2, 0.25) is 0 Å². The van der Waals surface area contributed by atoms with Crippen LogP contribution in [0.3, 0.4) is 0 Å². The van der Waals surface area contributed by atoms with Gasteiger partial charge in [-0.3, -0.25) is 9.78 Å². The number of rotatable bonds is 4. The van der Waals surface area contributed by atoms with Crippen molar-refractivity contribution in [3.05, 3.63) is 53.3 Å². The molecule has 0 amide bonds. The van der Waals surface area contributed by atoms with E-state index in [9.17, 15) is 4.79 Å². The predicted molar refractivity (Wildman–Crippen MR) is 74.9 cm³/mol. The predicted octanol–water partition coefficient (Wildman–Crippen LogP) is 3.95. The lowest BCUT2D eigenvalue weighted by atomic mass is 10.1. The summed E-state index contributed by atoms with van der Waals surface area (Å²) in [5, 5.41) is 0. The van der Waals surface area contributed by atoms with Crippen LogP contribution >= 0.6 is 0 Å². The van der Waals surface area contributed by atoms with Gasteiger partial charge in [-0.25, -0.2) is 0 Å². The van der Waals surface area contributed by atoms with Gasteiger partial charge < -0.3 is 4.74 Å². The number of carbonyl (C=O) groups excluding carboxylic acids is 1. The number of pyridine rings is 1. The van der Waals surface area contributed by atoms with E-state index >= 15 is 0 Å². The first-order valence-electron chi connectivity index (χ1n) is 6.35. The molecule has 0 saturated heterocycles. The largest absolute Gasteiger partial charge is 0.455 e. The zero-order valence-corrected chi connectivity index (χ0v) is 11.4. The molecule has 0 unspecified atom stereocenters. The number of benzene rings is 1. The van der Waals surface area contributed by atoms with E-state index in [4.69, 9.17) is 4.74 Å². The Morgan fingerprint density at radius 2 is 2.05 bits per heavy atom. The molecule has 19 heavy (non-hydrogen) atoms. The van der Waals surface area contributed by atoms with E-state index in [2.05, 4.69) is 4.98 Å². The Morgan fingerprint density at radius 3 is 2.74 bits per heavy atom. The van der Waals surface area contributed by atoms with Crippen LogP contribution < -0.4 is 4.74 Å². The monoisotopic (exact) mass is 255 g/mol. The number of carbonyl (C=O) groups is 1. The molecule has 2 rings (SSSR count). The molecule has 1 heterocycles. The van der Waals surface area contributed by atoms with Crippen LogP contribution in [-0.2, 0) is 6.42 Å². The van der Waals surface area contributed by atoms with Gasteiger partial charge in [-0.15, -0.1) is 0 Å². The maximum atomic E-state index is 11.3. The van der Waals surface area contributed by atoms with Crippen molar-refractivity contribution in [3.8, 4) is 11.5 Å². The minimum absolute atomic E-state index is 0.0307. The Morgan fingerprint density at radius 1 is 1.26 bits per heavy atom. The minimum Gasteiger partial charge on any atom is -0.455 e. The number of aryl methyl sites for hydroxylation is 2. The van der Waals surface area contributed by atoms with Crippen molar-refractivity contribution >= 4 is 5.78 Å². The zero-order valence-electron chi connectivity index (χ0n) is 11.4. The van der Waals surface area contributed by atoms with Gasteiger partial charge in [-0.1, -0.05) is 19.1 Å². The third-order valence-electron chi connectivity index (χ3n) is 2.87. The van der Waals surface area contributed by atoms with Gasteiger partial charge in [0.15, 0.2) is 5.78 Å². The standard InChI is InChI=1S/C16H17NO2/c1-4-15-16(9-8-11(2)17-15)19-14-7-5-6-13(10-14)12(3)18/h5-10H,4H2,1-3H3. The molecule has 0 spiro atoms. The molecule has 0 bridgehead atoms. The van der Waals surface area contributed by atoms with Crippen molar-refractivity contribution in [2.75, 3.05) is 0 Å². The fourth-order valence-corrected chi connectivity index (χ4v) is 1.85. The quantitative estimate of drug-likeness (QED) is 0.776. The van der Waals surface area contributed by atoms with Crippen LogP contribution in [0.1, 0.15) is 35.6 Å².